The Bertz CT molecular complexity index is 1000. The molecule has 144 valence electrons. The van der Waals surface area contributed by atoms with Crippen LogP contribution >= 0.6 is 11.6 Å². The highest BCUT2D eigenvalue weighted by atomic mass is 35.5. The summed E-state index contributed by atoms with van der Waals surface area (Å²) in [6.45, 7) is 0.224. The number of non-ortho nitro benzene ring substituents is 1. The predicted molar refractivity (Wildman–Crippen MR) is 105 cm³/mol. The summed E-state index contributed by atoms with van der Waals surface area (Å²) >= 11 is 6.12. The van der Waals surface area contributed by atoms with E-state index in [-0.39, 0.29) is 34.4 Å². The van der Waals surface area contributed by atoms with Crippen molar-refractivity contribution in [1.29, 1.82) is 0 Å². The fourth-order valence-electron chi connectivity index (χ4n) is 2.98. The van der Waals surface area contributed by atoms with Crippen LogP contribution in [0.25, 0.3) is 0 Å². The number of nitro groups is 1. The molecule has 0 spiro atoms. The Labute approximate surface area is 166 Å². The maximum Gasteiger partial charge on any atom is 0.270 e. The van der Waals surface area contributed by atoms with Crippen LogP contribution in [0, 0.1) is 10.1 Å². The van der Waals surface area contributed by atoms with Crippen molar-refractivity contribution in [1.82, 2.24) is 9.88 Å². The van der Waals surface area contributed by atoms with Gasteiger partial charge in [-0.2, -0.15) is 0 Å². The van der Waals surface area contributed by atoms with Gasteiger partial charge < -0.3 is 4.90 Å². The summed E-state index contributed by atoms with van der Waals surface area (Å²) in [6.07, 6.45) is 3.57. The van der Waals surface area contributed by atoms with E-state index in [1.54, 1.807) is 23.2 Å². The smallest absolute Gasteiger partial charge is 0.270 e. The van der Waals surface area contributed by atoms with E-state index in [1.165, 1.54) is 23.2 Å². The molecule has 0 bridgehead atoms. The molecule has 0 saturated carbocycles. The Balaban J connectivity index is 2.05. The van der Waals surface area contributed by atoms with Crippen LogP contribution in [0.5, 0.6) is 0 Å². The number of anilines is 1. The van der Waals surface area contributed by atoms with Crippen molar-refractivity contribution < 1.29 is 14.5 Å². The second-order valence-corrected chi connectivity index (χ2v) is 6.86. The van der Waals surface area contributed by atoms with Crippen LogP contribution in [-0.4, -0.2) is 47.1 Å². The highest BCUT2D eigenvalue weighted by Gasteiger charge is 2.30. The Morgan fingerprint density at radius 1 is 1.36 bits per heavy atom. The average molecular weight is 401 g/mol. The number of hydrogen-bond donors (Lipinski definition) is 0. The van der Waals surface area contributed by atoms with Crippen molar-refractivity contribution in [3.8, 4) is 0 Å². The lowest BCUT2D eigenvalue weighted by Gasteiger charge is -2.21. The third kappa shape index (κ3) is 3.72. The Morgan fingerprint density at radius 2 is 2.11 bits per heavy atom. The first-order valence-corrected chi connectivity index (χ1v) is 8.80. The summed E-state index contributed by atoms with van der Waals surface area (Å²) in [4.78, 5) is 43.7. The van der Waals surface area contributed by atoms with Gasteiger partial charge in [0.15, 0.2) is 5.78 Å². The number of pyridine rings is 1. The number of aromatic nitrogens is 1. The van der Waals surface area contributed by atoms with Gasteiger partial charge in [-0.25, -0.2) is 4.98 Å². The van der Waals surface area contributed by atoms with Crippen molar-refractivity contribution in [3.63, 3.8) is 0 Å². The number of rotatable bonds is 3. The average Bonchev–Trinajstić information content (AvgIpc) is 2.78. The highest BCUT2D eigenvalue weighted by Crippen LogP contribution is 2.30. The zero-order valence-corrected chi connectivity index (χ0v) is 16.0. The summed E-state index contributed by atoms with van der Waals surface area (Å²) in [7, 11) is 3.63. The lowest BCUT2D eigenvalue weighted by atomic mass is 10.0. The van der Waals surface area contributed by atoms with E-state index in [9.17, 15) is 19.7 Å². The molecule has 0 aliphatic carbocycles. The van der Waals surface area contributed by atoms with Crippen molar-refractivity contribution >= 4 is 34.8 Å². The molecule has 1 aromatic heterocycles. The van der Waals surface area contributed by atoms with Gasteiger partial charge in [0, 0.05) is 50.7 Å². The molecular formula is C19H17ClN4O4. The first kappa shape index (κ1) is 19.5. The van der Waals surface area contributed by atoms with Gasteiger partial charge in [-0.05, 0) is 24.6 Å². The minimum absolute atomic E-state index is 0.0312. The highest BCUT2D eigenvalue weighted by molar-refractivity contribution is 6.35. The third-order valence-corrected chi connectivity index (χ3v) is 4.55. The molecule has 0 N–H and O–H groups in total. The first-order valence-electron chi connectivity index (χ1n) is 8.42. The van der Waals surface area contributed by atoms with E-state index in [0.717, 1.165) is 6.07 Å². The van der Waals surface area contributed by atoms with Crippen LogP contribution in [0.3, 0.4) is 0 Å². The molecule has 1 aliphatic heterocycles. The largest absolute Gasteiger partial charge is 0.383 e. The standard InChI is InChI=1S/C19H17ClN4O4/c1-22(2)11-12-7-9-23(18-15(17(12)25)4-3-8-21-18)19(26)14-6-5-13(24(27)28)10-16(14)20/h3-6,8,10-11H,7,9H2,1-2H3. The van der Waals surface area contributed by atoms with Gasteiger partial charge in [-0.3, -0.25) is 24.6 Å². The molecule has 0 fully saturated rings. The molecule has 0 radical (unpaired) electrons. The number of nitro benzene ring substituents is 1. The first-order chi connectivity index (χ1) is 13.3. The molecule has 0 saturated heterocycles. The van der Waals surface area contributed by atoms with Crippen molar-refractivity contribution in [3.05, 3.63) is 74.6 Å². The third-order valence-electron chi connectivity index (χ3n) is 4.24. The Hall–Kier alpha value is -3.26. The summed E-state index contributed by atoms with van der Waals surface area (Å²) in [5.41, 5.74) is 0.780. The van der Waals surface area contributed by atoms with Crippen molar-refractivity contribution in [2.24, 2.45) is 0 Å². The van der Waals surface area contributed by atoms with Crippen LogP contribution in [0.15, 0.2) is 48.3 Å². The van der Waals surface area contributed by atoms with Gasteiger partial charge >= 0.3 is 0 Å². The Kier molecular flexibility index (Phi) is 5.41. The summed E-state index contributed by atoms with van der Waals surface area (Å²) in [6, 6.07) is 6.93. The predicted octanol–water partition coefficient (Wildman–Crippen LogP) is 3.32. The molecule has 2 aromatic rings. The zero-order valence-electron chi connectivity index (χ0n) is 15.3. The molecule has 0 unspecified atom stereocenters. The van der Waals surface area contributed by atoms with Crippen LogP contribution < -0.4 is 4.90 Å². The van der Waals surface area contributed by atoms with Crippen LogP contribution in [0.4, 0.5) is 11.5 Å². The lowest BCUT2D eigenvalue weighted by Crippen LogP contribution is -2.32. The fourth-order valence-corrected chi connectivity index (χ4v) is 3.24. The number of carbonyl (C=O) groups excluding carboxylic acids is 2. The van der Waals surface area contributed by atoms with Gasteiger partial charge in [0.05, 0.1) is 21.1 Å². The number of fused-ring (bicyclic) bond motifs is 1. The van der Waals surface area contributed by atoms with Gasteiger partial charge in [0.25, 0.3) is 11.6 Å². The van der Waals surface area contributed by atoms with E-state index >= 15 is 0 Å². The summed E-state index contributed by atoms with van der Waals surface area (Å²) in [5.74, 6) is -0.422. The molecule has 2 heterocycles. The number of amides is 1. The molecule has 0 atom stereocenters. The van der Waals surface area contributed by atoms with E-state index in [4.69, 9.17) is 11.6 Å². The minimum atomic E-state index is -0.583. The molecule has 28 heavy (non-hydrogen) atoms. The normalized spacial score (nSPS) is 15.2. The lowest BCUT2D eigenvalue weighted by molar-refractivity contribution is -0.384. The number of nitrogens with zero attached hydrogens (tertiary/aromatic N) is 4. The SMILES string of the molecule is CN(C)C=C1CCN(C(=O)c2ccc([N+](=O)[O-])cc2Cl)c2ncccc2C1=O. The number of hydrogen-bond acceptors (Lipinski definition) is 6. The molecular weight excluding hydrogens is 384 g/mol. The Morgan fingerprint density at radius 3 is 2.75 bits per heavy atom. The number of ketones is 1. The molecule has 3 rings (SSSR count). The second-order valence-electron chi connectivity index (χ2n) is 6.45. The maximum absolute atomic E-state index is 13.1. The van der Waals surface area contributed by atoms with Crippen LogP contribution in [-0.2, 0) is 0 Å². The van der Waals surface area contributed by atoms with Gasteiger partial charge in [0.1, 0.15) is 5.82 Å². The number of halogens is 1. The molecule has 9 heteroatoms. The van der Waals surface area contributed by atoms with Crippen LogP contribution in [0.2, 0.25) is 5.02 Å². The number of benzene rings is 1. The minimum Gasteiger partial charge on any atom is -0.383 e. The topological polar surface area (TPSA) is 96.7 Å². The van der Waals surface area contributed by atoms with E-state index < -0.39 is 10.8 Å². The zero-order chi connectivity index (χ0) is 20.4. The van der Waals surface area contributed by atoms with E-state index in [0.29, 0.717) is 17.6 Å². The molecule has 1 aromatic carbocycles. The molecule has 8 nitrogen and oxygen atoms in total. The quantitative estimate of drug-likeness (QED) is 0.445. The van der Waals surface area contributed by atoms with Gasteiger partial charge in [-0.15, -0.1) is 0 Å². The maximum atomic E-state index is 13.1. The van der Waals surface area contributed by atoms with Gasteiger partial charge in [-0.1, -0.05) is 11.6 Å². The summed E-state index contributed by atoms with van der Waals surface area (Å²) < 4.78 is 0. The molecule has 1 amide bonds. The molecule has 1 aliphatic rings. The van der Waals surface area contributed by atoms with Crippen molar-refractivity contribution in [2.45, 2.75) is 6.42 Å². The summed E-state index contributed by atoms with van der Waals surface area (Å²) in [5, 5.41) is 10.9. The fraction of sp³-hybridized carbons (Fsp3) is 0.211. The van der Waals surface area contributed by atoms with E-state index in [2.05, 4.69) is 4.98 Å². The van der Waals surface area contributed by atoms with Crippen molar-refractivity contribution in [2.75, 3.05) is 25.5 Å². The monoisotopic (exact) mass is 400 g/mol. The van der Waals surface area contributed by atoms with Gasteiger partial charge in [0.2, 0.25) is 0 Å². The van der Waals surface area contributed by atoms with E-state index in [1.807, 2.05) is 14.1 Å². The number of Topliss-reactive ketones (excluding diaryl/α,β-unsaturated/α-hetero) is 1. The van der Waals surface area contributed by atoms with Crippen LogP contribution in [0.1, 0.15) is 27.1 Å². The number of carbonyl (C=O) groups is 2. The second kappa shape index (κ2) is 7.77.